The van der Waals surface area contributed by atoms with Crippen molar-refractivity contribution in [2.75, 3.05) is 5.32 Å². The molecule has 100 valence electrons. The molecule has 0 saturated heterocycles. The van der Waals surface area contributed by atoms with Crippen molar-refractivity contribution in [1.29, 1.82) is 0 Å². The normalized spacial score (nSPS) is 12.3. The molecule has 0 fully saturated rings. The van der Waals surface area contributed by atoms with Crippen LogP contribution < -0.4 is 5.32 Å². The van der Waals surface area contributed by atoms with Gasteiger partial charge in [-0.25, -0.2) is 8.78 Å². The lowest BCUT2D eigenvalue weighted by Gasteiger charge is -2.18. The van der Waals surface area contributed by atoms with Crippen LogP contribution >= 0.6 is 11.6 Å². The Bertz CT molecular complexity index is 578. The molecule has 0 saturated carbocycles. The molecule has 1 atom stereocenters. The van der Waals surface area contributed by atoms with Crippen LogP contribution in [0, 0.1) is 18.6 Å². The number of halogens is 3. The van der Waals surface area contributed by atoms with Crippen molar-refractivity contribution in [3.63, 3.8) is 0 Å². The van der Waals surface area contributed by atoms with Crippen molar-refractivity contribution in [2.24, 2.45) is 0 Å². The Hall–Kier alpha value is -1.61. The molecule has 0 aliphatic heterocycles. The molecule has 0 bridgehead atoms. The summed E-state index contributed by atoms with van der Waals surface area (Å²) in [6.07, 6.45) is 0. The molecule has 1 nitrogen and oxygen atoms in total. The maximum Gasteiger partial charge on any atom is 0.131 e. The number of benzene rings is 2. The van der Waals surface area contributed by atoms with Gasteiger partial charge in [0, 0.05) is 5.56 Å². The fourth-order valence-electron chi connectivity index (χ4n) is 1.97. The summed E-state index contributed by atoms with van der Waals surface area (Å²) in [4.78, 5) is 0. The minimum atomic E-state index is -0.566. The first kappa shape index (κ1) is 13.8. The smallest absolute Gasteiger partial charge is 0.131 e. The van der Waals surface area contributed by atoms with Gasteiger partial charge in [0.1, 0.15) is 11.6 Å². The number of hydrogen-bond donors (Lipinski definition) is 1. The standard InChI is InChI=1S/C15H14ClF2N/c1-9-6-7-14(11(16)8-9)19-10(2)15-12(17)4-3-5-13(15)18/h3-8,10,19H,1-2H3. The van der Waals surface area contributed by atoms with E-state index in [0.29, 0.717) is 10.7 Å². The summed E-state index contributed by atoms with van der Waals surface area (Å²) in [5.41, 5.74) is 1.70. The highest BCUT2D eigenvalue weighted by molar-refractivity contribution is 6.33. The third-order valence-electron chi connectivity index (χ3n) is 2.93. The molecule has 2 rings (SSSR count). The lowest BCUT2D eigenvalue weighted by Crippen LogP contribution is -2.11. The van der Waals surface area contributed by atoms with Gasteiger partial charge in [-0.1, -0.05) is 23.7 Å². The van der Waals surface area contributed by atoms with E-state index < -0.39 is 17.7 Å². The number of nitrogens with one attached hydrogen (secondary N) is 1. The Kier molecular flexibility index (Phi) is 4.05. The monoisotopic (exact) mass is 281 g/mol. The Labute approximate surface area is 116 Å². The molecule has 1 unspecified atom stereocenters. The van der Waals surface area contributed by atoms with Crippen LogP contribution in [0.25, 0.3) is 0 Å². The van der Waals surface area contributed by atoms with E-state index in [0.717, 1.165) is 5.56 Å². The van der Waals surface area contributed by atoms with Gasteiger partial charge >= 0.3 is 0 Å². The number of hydrogen-bond acceptors (Lipinski definition) is 1. The third-order valence-corrected chi connectivity index (χ3v) is 3.24. The Morgan fingerprint density at radius 1 is 1.11 bits per heavy atom. The highest BCUT2D eigenvalue weighted by atomic mass is 35.5. The zero-order chi connectivity index (χ0) is 14.0. The minimum Gasteiger partial charge on any atom is -0.377 e. The summed E-state index contributed by atoms with van der Waals surface area (Å²) in [5.74, 6) is -1.13. The van der Waals surface area contributed by atoms with Gasteiger partial charge in [-0.15, -0.1) is 0 Å². The molecular formula is C15H14ClF2N. The Balaban J connectivity index is 2.28. The van der Waals surface area contributed by atoms with Crippen molar-refractivity contribution in [1.82, 2.24) is 0 Å². The fourth-order valence-corrected chi connectivity index (χ4v) is 2.26. The van der Waals surface area contributed by atoms with Crippen LogP contribution in [0.3, 0.4) is 0 Å². The molecular weight excluding hydrogens is 268 g/mol. The summed E-state index contributed by atoms with van der Waals surface area (Å²) in [5, 5.41) is 3.55. The van der Waals surface area contributed by atoms with Gasteiger partial charge < -0.3 is 5.32 Å². The number of aryl methyl sites for hydroxylation is 1. The quantitative estimate of drug-likeness (QED) is 0.825. The van der Waals surface area contributed by atoms with Gasteiger partial charge in [-0.3, -0.25) is 0 Å². The molecule has 0 amide bonds. The van der Waals surface area contributed by atoms with Crippen LogP contribution in [0.15, 0.2) is 36.4 Å². The summed E-state index contributed by atoms with van der Waals surface area (Å²) in [6.45, 7) is 3.62. The Morgan fingerprint density at radius 3 is 2.32 bits per heavy atom. The molecule has 2 aromatic rings. The molecule has 0 aliphatic carbocycles. The second-order valence-corrected chi connectivity index (χ2v) is 4.89. The molecule has 1 N–H and O–H groups in total. The van der Waals surface area contributed by atoms with Gasteiger partial charge in [0.2, 0.25) is 0 Å². The molecule has 0 aromatic heterocycles. The fraction of sp³-hybridized carbons (Fsp3) is 0.200. The van der Waals surface area contributed by atoms with Crippen molar-refractivity contribution in [3.05, 3.63) is 64.2 Å². The van der Waals surface area contributed by atoms with Gasteiger partial charge in [0.25, 0.3) is 0 Å². The molecule has 2 aromatic carbocycles. The molecule has 0 aliphatic rings. The van der Waals surface area contributed by atoms with E-state index in [1.54, 1.807) is 19.1 Å². The number of rotatable bonds is 3. The first-order valence-electron chi connectivity index (χ1n) is 5.95. The van der Waals surface area contributed by atoms with Gasteiger partial charge in [-0.2, -0.15) is 0 Å². The van der Waals surface area contributed by atoms with E-state index in [9.17, 15) is 8.78 Å². The van der Waals surface area contributed by atoms with Gasteiger partial charge in [0.05, 0.1) is 16.8 Å². The molecule has 19 heavy (non-hydrogen) atoms. The van der Waals surface area contributed by atoms with E-state index in [2.05, 4.69) is 5.32 Å². The Morgan fingerprint density at radius 2 is 1.74 bits per heavy atom. The largest absolute Gasteiger partial charge is 0.377 e. The summed E-state index contributed by atoms with van der Waals surface area (Å²) < 4.78 is 27.3. The van der Waals surface area contributed by atoms with E-state index in [1.807, 2.05) is 13.0 Å². The van der Waals surface area contributed by atoms with Crippen molar-refractivity contribution in [3.8, 4) is 0 Å². The first-order chi connectivity index (χ1) is 8.99. The first-order valence-corrected chi connectivity index (χ1v) is 6.33. The highest BCUT2D eigenvalue weighted by Crippen LogP contribution is 2.29. The lowest BCUT2D eigenvalue weighted by atomic mass is 10.1. The van der Waals surface area contributed by atoms with Crippen LogP contribution in [0.5, 0.6) is 0 Å². The second kappa shape index (κ2) is 5.57. The van der Waals surface area contributed by atoms with E-state index >= 15 is 0 Å². The van der Waals surface area contributed by atoms with Crippen LogP contribution in [-0.4, -0.2) is 0 Å². The molecule has 0 radical (unpaired) electrons. The summed E-state index contributed by atoms with van der Waals surface area (Å²) in [7, 11) is 0. The summed E-state index contributed by atoms with van der Waals surface area (Å²) in [6, 6.07) is 8.81. The molecule has 0 heterocycles. The van der Waals surface area contributed by atoms with E-state index in [1.165, 1.54) is 18.2 Å². The SMILES string of the molecule is Cc1ccc(NC(C)c2c(F)cccc2F)c(Cl)c1. The predicted molar refractivity (Wildman–Crippen MR) is 74.6 cm³/mol. The maximum atomic E-state index is 13.7. The van der Waals surface area contributed by atoms with Crippen LogP contribution in [0.1, 0.15) is 24.1 Å². The van der Waals surface area contributed by atoms with Gasteiger partial charge in [-0.05, 0) is 43.7 Å². The second-order valence-electron chi connectivity index (χ2n) is 4.48. The highest BCUT2D eigenvalue weighted by Gasteiger charge is 2.16. The van der Waals surface area contributed by atoms with Crippen molar-refractivity contribution in [2.45, 2.75) is 19.9 Å². The maximum absolute atomic E-state index is 13.7. The van der Waals surface area contributed by atoms with E-state index in [4.69, 9.17) is 11.6 Å². The molecule has 0 spiro atoms. The zero-order valence-corrected chi connectivity index (χ0v) is 11.4. The van der Waals surface area contributed by atoms with E-state index in [-0.39, 0.29) is 5.56 Å². The third kappa shape index (κ3) is 3.04. The number of anilines is 1. The van der Waals surface area contributed by atoms with Crippen LogP contribution in [-0.2, 0) is 0 Å². The zero-order valence-electron chi connectivity index (χ0n) is 10.7. The van der Waals surface area contributed by atoms with Crippen molar-refractivity contribution >= 4 is 17.3 Å². The van der Waals surface area contributed by atoms with Crippen LogP contribution in [0.2, 0.25) is 5.02 Å². The predicted octanol–water partition coefficient (Wildman–Crippen LogP) is 5.10. The average Bonchev–Trinajstić information content (AvgIpc) is 2.32. The summed E-state index contributed by atoms with van der Waals surface area (Å²) >= 11 is 6.09. The van der Waals surface area contributed by atoms with Crippen LogP contribution in [0.4, 0.5) is 14.5 Å². The minimum absolute atomic E-state index is 0.0131. The average molecular weight is 282 g/mol. The topological polar surface area (TPSA) is 12.0 Å². The lowest BCUT2D eigenvalue weighted by molar-refractivity contribution is 0.544. The molecule has 4 heteroatoms. The van der Waals surface area contributed by atoms with Crippen molar-refractivity contribution < 1.29 is 8.78 Å². The van der Waals surface area contributed by atoms with Gasteiger partial charge in [0.15, 0.2) is 0 Å².